The third-order valence-electron chi connectivity index (χ3n) is 6.33. The van der Waals surface area contributed by atoms with E-state index in [-0.39, 0.29) is 17.5 Å². The molecule has 1 amide bonds. The Morgan fingerprint density at radius 3 is 2.53 bits per heavy atom. The van der Waals surface area contributed by atoms with Gasteiger partial charge in [0.05, 0.1) is 22.6 Å². The lowest BCUT2D eigenvalue weighted by molar-refractivity contribution is 0.0940. The summed E-state index contributed by atoms with van der Waals surface area (Å²) < 4.78 is 1.69. The average molecular weight is 454 g/mol. The fourth-order valence-electron chi connectivity index (χ4n) is 4.37. The fourth-order valence-corrected chi connectivity index (χ4v) is 4.37. The molecule has 4 aromatic rings. The number of benzene rings is 2. The van der Waals surface area contributed by atoms with Crippen LogP contribution in [0.4, 0.5) is 5.95 Å². The van der Waals surface area contributed by atoms with E-state index in [4.69, 9.17) is 4.98 Å². The van der Waals surface area contributed by atoms with Crippen LogP contribution < -0.4 is 15.8 Å². The standard InChI is InChI=1S/C27H27N5O2/c1-18-7-10-22(11-8-18)32-26(34)23-12-9-20(16-24(23)30-27(32)31-14-3-4-15-31)25(33)29-19(2)21-6-5-13-28-17-21/h5-13,16-17,19H,3-4,14-15H2,1-2H3,(H,29,33)/t19-/m1/s1. The largest absolute Gasteiger partial charge is 0.345 e. The lowest BCUT2D eigenvalue weighted by atomic mass is 10.1. The number of nitrogens with one attached hydrogen (secondary N) is 1. The van der Waals surface area contributed by atoms with Gasteiger partial charge in [0.25, 0.3) is 11.5 Å². The number of aryl methyl sites for hydroxylation is 1. The minimum atomic E-state index is -0.217. The van der Waals surface area contributed by atoms with Gasteiger partial charge in [-0.25, -0.2) is 9.55 Å². The van der Waals surface area contributed by atoms with E-state index in [9.17, 15) is 9.59 Å². The van der Waals surface area contributed by atoms with E-state index in [1.165, 1.54) is 0 Å². The molecule has 7 nitrogen and oxygen atoms in total. The Bertz CT molecular complexity index is 1390. The number of aromatic nitrogens is 3. The van der Waals surface area contributed by atoms with Crippen LogP contribution in [0.1, 0.15) is 47.3 Å². The second-order valence-electron chi connectivity index (χ2n) is 8.80. The Morgan fingerprint density at radius 1 is 1.06 bits per heavy atom. The van der Waals surface area contributed by atoms with E-state index in [0.29, 0.717) is 22.4 Å². The molecule has 1 fully saturated rings. The van der Waals surface area contributed by atoms with Gasteiger partial charge in [-0.3, -0.25) is 14.6 Å². The first kappa shape index (κ1) is 21.8. The van der Waals surface area contributed by atoms with Crippen molar-refractivity contribution >= 4 is 22.8 Å². The molecule has 1 N–H and O–H groups in total. The van der Waals surface area contributed by atoms with E-state index in [2.05, 4.69) is 15.2 Å². The molecule has 0 spiro atoms. The second kappa shape index (κ2) is 9.09. The highest BCUT2D eigenvalue weighted by atomic mass is 16.1. The van der Waals surface area contributed by atoms with Crippen LogP contribution in [0.3, 0.4) is 0 Å². The Morgan fingerprint density at radius 2 is 1.82 bits per heavy atom. The molecule has 2 aromatic heterocycles. The maximum atomic E-state index is 13.6. The monoisotopic (exact) mass is 453 g/mol. The van der Waals surface area contributed by atoms with Crippen molar-refractivity contribution < 1.29 is 4.79 Å². The molecule has 0 bridgehead atoms. The van der Waals surface area contributed by atoms with Gasteiger partial charge in [-0.2, -0.15) is 0 Å². The van der Waals surface area contributed by atoms with Crippen molar-refractivity contribution in [2.75, 3.05) is 18.0 Å². The number of fused-ring (bicyclic) bond motifs is 1. The molecule has 3 heterocycles. The smallest absolute Gasteiger partial charge is 0.267 e. The number of hydrogen-bond donors (Lipinski definition) is 1. The van der Waals surface area contributed by atoms with Gasteiger partial charge in [-0.05, 0) is 68.7 Å². The normalized spacial score (nSPS) is 14.4. The van der Waals surface area contributed by atoms with E-state index in [1.807, 2.05) is 50.2 Å². The molecule has 34 heavy (non-hydrogen) atoms. The predicted molar refractivity (Wildman–Crippen MR) is 134 cm³/mol. The van der Waals surface area contributed by atoms with Crippen LogP contribution in [0.5, 0.6) is 0 Å². The molecular weight excluding hydrogens is 426 g/mol. The number of anilines is 1. The first-order valence-corrected chi connectivity index (χ1v) is 11.6. The number of carbonyl (C=O) groups excluding carboxylic acids is 1. The maximum Gasteiger partial charge on any atom is 0.267 e. The summed E-state index contributed by atoms with van der Waals surface area (Å²) >= 11 is 0. The Balaban J connectivity index is 1.56. The first-order valence-electron chi connectivity index (χ1n) is 11.6. The number of pyridine rings is 1. The van der Waals surface area contributed by atoms with Crippen molar-refractivity contribution in [1.29, 1.82) is 0 Å². The lowest BCUT2D eigenvalue weighted by Crippen LogP contribution is -2.30. The zero-order chi connectivity index (χ0) is 23.7. The van der Waals surface area contributed by atoms with Crippen molar-refractivity contribution in [2.24, 2.45) is 0 Å². The van der Waals surface area contributed by atoms with Gasteiger partial charge >= 0.3 is 0 Å². The third kappa shape index (κ3) is 4.17. The summed E-state index contributed by atoms with van der Waals surface area (Å²) in [6, 6.07) is 16.6. The van der Waals surface area contributed by atoms with Crippen molar-refractivity contribution in [2.45, 2.75) is 32.7 Å². The molecule has 1 saturated heterocycles. The molecule has 2 aromatic carbocycles. The summed E-state index contributed by atoms with van der Waals surface area (Å²) in [4.78, 5) is 37.8. The third-order valence-corrected chi connectivity index (χ3v) is 6.33. The van der Waals surface area contributed by atoms with Crippen molar-refractivity contribution in [3.8, 4) is 5.69 Å². The molecule has 1 aliphatic rings. The minimum absolute atomic E-state index is 0.133. The summed E-state index contributed by atoms with van der Waals surface area (Å²) in [5.41, 5.74) is 3.70. The van der Waals surface area contributed by atoms with Gasteiger partial charge in [0.2, 0.25) is 5.95 Å². The topological polar surface area (TPSA) is 80.1 Å². The highest BCUT2D eigenvalue weighted by molar-refractivity contribution is 5.98. The van der Waals surface area contributed by atoms with Crippen molar-refractivity contribution in [1.82, 2.24) is 19.9 Å². The highest BCUT2D eigenvalue weighted by Crippen LogP contribution is 2.24. The Kier molecular flexibility index (Phi) is 5.84. The lowest BCUT2D eigenvalue weighted by Gasteiger charge is -2.22. The number of carbonyl (C=O) groups is 1. The van der Waals surface area contributed by atoms with Crippen LogP contribution in [0.15, 0.2) is 71.8 Å². The Hall–Kier alpha value is -4.00. The maximum absolute atomic E-state index is 13.6. The van der Waals surface area contributed by atoms with Crippen LogP contribution in [0.2, 0.25) is 0 Å². The number of nitrogens with zero attached hydrogens (tertiary/aromatic N) is 4. The molecular formula is C27H27N5O2. The predicted octanol–water partition coefficient (Wildman–Crippen LogP) is 4.18. The summed E-state index contributed by atoms with van der Waals surface area (Å²) in [5.74, 6) is 0.408. The van der Waals surface area contributed by atoms with Gasteiger partial charge in [0.15, 0.2) is 0 Å². The molecule has 0 radical (unpaired) electrons. The molecule has 1 atom stereocenters. The van der Waals surface area contributed by atoms with E-state index in [1.54, 1.807) is 35.2 Å². The van der Waals surface area contributed by atoms with Crippen LogP contribution >= 0.6 is 0 Å². The molecule has 172 valence electrons. The van der Waals surface area contributed by atoms with Gasteiger partial charge < -0.3 is 10.2 Å². The molecule has 1 aliphatic heterocycles. The van der Waals surface area contributed by atoms with Gasteiger partial charge in [0, 0.05) is 31.0 Å². The van der Waals surface area contributed by atoms with Gasteiger partial charge in [-0.15, -0.1) is 0 Å². The number of rotatable bonds is 5. The molecule has 7 heteroatoms. The summed E-state index contributed by atoms with van der Waals surface area (Å²) in [6.45, 7) is 5.65. The van der Waals surface area contributed by atoms with Crippen LogP contribution in [0, 0.1) is 6.92 Å². The fraction of sp³-hybridized carbons (Fsp3) is 0.259. The van der Waals surface area contributed by atoms with E-state index in [0.717, 1.165) is 42.7 Å². The highest BCUT2D eigenvalue weighted by Gasteiger charge is 2.22. The average Bonchev–Trinajstić information content (AvgIpc) is 3.40. The first-order chi connectivity index (χ1) is 16.5. The van der Waals surface area contributed by atoms with E-state index >= 15 is 0 Å². The number of hydrogen-bond acceptors (Lipinski definition) is 5. The van der Waals surface area contributed by atoms with Gasteiger partial charge in [0.1, 0.15) is 0 Å². The van der Waals surface area contributed by atoms with E-state index < -0.39 is 0 Å². The Labute approximate surface area is 198 Å². The summed E-state index contributed by atoms with van der Waals surface area (Å²) in [5, 5.41) is 3.49. The van der Waals surface area contributed by atoms with Crippen LogP contribution in [0.25, 0.3) is 16.6 Å². The zero-order valence-corrected chi connectivity index (χ0v) is 19.4. The SMILES string of the molecule is Cc1ccc(-n2c(N3CCCC3)nc3cc(C(=O)N[C@H](C)c4cccnc4)ccc3c2=O)cc1. The summed E-state index contributed by atoms with van der Waals surface area (Å²) in [7, 11) is 0. The zero-order valence-electron chi connectivity index (χ0n) is 19.4. The van der Waals surface area contributed by atoms with Crippen LogP contribution in [-0.4, -0.2) is 33.5 Å². The van der Waals surface area contributed by atoms with Crippen molar-refractivity contribution in [3.63, 3.8) is 0 Å². The second-order valence-corrected chi connectivity index (χ2v) is 8.80. The quantitative estimate of drug-likeness (QED) is 0.490. The molecule has 0 aliphatic carbocycles. The molecule has 0 saturated carbocycles. The summed E-state index contributed by atoms with van der Waals surface area (Å²) in [6.07, 6.45) is 5.57. The molecule has 5 rings (SSSR count). The van der Waals surface area contributed by atoms with Crippen molar-refractivity contribution in [3.05, 3.63) is 94.0 Å². The molecule has 0 unspecified atom stereocenters. The number of amides is 1. The van der Waals surface area contributed by atoms with Gasteiger partial charge in [-0.1, -0.05) is 23.8 Å². The minimum Gasteiger partial charge on any atom is -0.345 e. The van der Waals surface area contributed by atoms with Crippen LogP contribution in [-0.2, 0) is 0 Å².